The van der Waals surface area contributed by atoms with Gasteiger partial charge < -0.3 is 15.2 Å². The molecule has 0 bridgehead atoms. The highest BCUT2D eigenvalue weighted by Crippen LogP contribution is 2.20. The van der Waals surface area contributed by atoms with Gasteiger partial charge in [0, 0.05) is 12.1 Å². The van der Waals surface area contributed by atoms with Crippen LogP contribution in [0.4, 0.5) is 0 Å². The molecule has 0 aliphatic heterocycles. The summed E-state index contributed by atoms with van der Waals surface area (Å²) in [7, 11) is 1.67. The highest BCUT2D eigenvalue weighted by molar-refractivity contribution is 5.29. The third-order valence-corrected chi connectivity index (χ3v) is 3.08. The summed E-state index contributed by atoms with van der Waals surface area (Å²) in [5.41, 5.74) is 1.24. The minimum Gasteiger partial charge on any atom is -0.497 e. The van der Waals surface area contributed by atoms with Gasteiger partial charge >= 0.3 is 0 Å². The quantitative estimate of drug-likeness (QED) is 0.765. The van der Waals surface area contributed by atoms with Crippen LogP contribution in [-0.4, -0.2) is 24.9 Å². The molecule has 0 spiro atoms. The molecule has 3 heteroatoms. The van der Waals surface area contributed by atoms with Gasteiger partial charge in [-0.25, -0.2) is 0 Å². The Labute approximate surface area is 104 Å². The van der Waals surface area contributed by atoms with Gasteiger partial charge in [0.15, 0.2) is 0 Å². The molecule has 1 rings (SSSR count). The van der Waals surface area contributed by atoms with E-state index in [0.717, 1.165) is 18.6 Å². The molecule has 1 aromatic rings. The summed E-state index contributed by atoms with van der Waals surface area (Å²) in [6.07, 6.45) is 1.94. The van der Waals surface area contributed by atoms with E-state index in [2.05, 4.69) is 31.3 Å². The molecule has 17 heavy (non-hydrogen) atoms. The third-order valence-electron chi connectivity index (χ3n) is 3.08. The maximum atomic E-state index is 9.22. The SMILES string of the molecule is CCC(N[C@H](CC)CO)c1ccc(OC)cc1. The van der Waals surface area contributed by atoms with Crippen LogP contribution in [-0.2, 0) is 0 Å². The summed E-state index contributed by atoms with van der Waals surface area (Å²) in [5.74, 6) is 0.873. The summed E-state index contributed by atoms with van der Waals surface area (Å²) >= 11 is 0. The van der Waals surface area contributed by atoms with Gasteiger partial charge in [0.1, 0.15) is 5.75 Å². The van der Waals surface area contributed by atoms with Gasteiger partial charge in [-0.05, 0) is 30.5 Å². The Morgan fingerprint density at radius 3 is 2.24 bits per heavy atom. The van der Waals surface area contributed by atoms with Crippen molar-refractivity contribution in [1.82, 2.24) is 5.32 Å². The molecule has 1 unspecified atom stereocenters. The zero-order valence-corrected chi connectivity index (χ0v) is 10.9. The van der Waals surface area contributed by atoms with Crippen molar-refractivity contribution >= 4 is 0 Å². The summed E-state index contributed by atoms with van der Waals surface area (Å²) < 4.78 is 5.15. The fraction of sp³-hybridized carbons (Fsp3) is 0.571. The molecule has 0 fully saturated rings. The molecule has 96 valence electrons. The molecule has 0 amide bonds. The highest BCUT2D eigenvalue weighted by Gasteiger charge is 2.13. The normalized spacial score (nSPS) is 14.4. The first-order valence-corrected chi connectivity index (χ1v) is 6.25. The average molecular weight is 237 g/mol. The van der Waals surface area contributed by atoms with E-state index in [0.29, 0.717) is 0 Å². The van der Waals surface area contributed by atoms with Crippen molar-refractivity contribution in [2.75, 3.05) is 13.7 Å². The maximum absolute atomic E-state index is 9.22. The van der Waals surface area contributed by atoms with Gasteiger partial charge in [-0.1, -0.05) is 26.0 Å². The van der Waals surface area contributed by atoms with Crippen LogP contribution in [0.2, 0.25) is 0 Å². The van der Waals surface area contributed by atoms with Crippen LogP contribution < -0.4 is 10.1 Å². The monoisotopic (exact) mass is 237 g/mol. The molecular weight excluding hydrogens is 214 g/mol. The molecule has 2 N–H and O–H groups in total. The second-order valence-electron chi connectivity index (χ2n) is 4.19. The van der Waals surface area contributed by atoms with Crippen LogP contribution >= 0.6 is 0 Å². The zero-order chi connectivity index (χ0) is 12.7. The molecule has 0 radical (unpaired) electrons. The lowest BCUT2D eigenvalue weighted by Gasteiger charge is -2.23. The van der Waals surface area contributed by atoms with E-state index < -0.39 is 0 Å². The highest BCUT2D eigenvalue weighted by atomic mass is 16.5. The molecule has 2 atom stereocenters. The van der Waals surface area contributed by atoms with Gasteiger partial charge in [0.05, 0.1) is 13.7 Å². The molecular formula is C14H23NO2. The smallest absolute Gasteiger partial charge is 0.118 e. The van der Waals surface area contributed by atoms with Crippen LogP contribution in [0.3, 0.4) is 0 Å². The Kier molecular flexibility index (Phi) is 6.01. The number of rotatable bonds is 7. The Morgan fingerprint density at radius 1 is 1.18 bits per heavy atom. The third kappa shape index (κ3) is 4.02. The van der Waals surface area contributed by atoms with Crippen molar-refractivity contribution in [3.8, 4) is 5.75 Å². The van der Waals surface area contributed by atoms with Crippen LogP contribution in [0.5, 0.6) is 5.75 Å². The van der Waals surface area contributed by atoms with Crippen LogP contribution in [0.15, 0.2) is 24.3 Å². The van der Waals surface area contributed by atoms with Gasteiger partial charge in [0.2, 0.25) is 0 Å². The largest absolute Gasteiger partial charge is 0.497 e. The van der Waals surface area contributed by atoms with E-state index in [1.54, 1.807) is 7.11 Å². The molecule has 0 saturated heterocycles. The van der Waals surface area contributed by atoms with Crippen LogP contribution in [0, 0.1) is 0 Å². The number of aliphatic hydroxyl groups excluding tert-OH is 1. The zero-order valence-electron chi connectivity index (χ0n) is 10.9. The maximum Gasteiger partial charge on any atom is 0.118 e. The van der Waals surface area contributed by atoms with Gasteiger partial charge in [-0.2, -0.15) is 0 Å². The van der Waals surface area contributed by atoms with E-state index in [9.17, 15) is 5.11 Å². The fourth-order valence-corrected chi connectivity index (χ4v) is 1.87. The van der Waals surface area contributed by atoms with Crippen molar-refractivity contribution in [2.24, 2.45) is 0 Å². The summed E-state index contributed by atoms with van der Waals surface area (Å²) in [6, 6.07) is 8.55. The van der Waals surface area contributed by atoms with Crippen LogP contribution in [0.25, 0.3) is 0 Å². The van der Waals surface area contributed by atoms with Gasteiger partial charge in [-0.3, -0.25) is 0 Å². The number of hydrogen-bond donors (Lipinski definition) is 2. The lowest BCUT2D eigenvalue weighted by atomic mass is 10.0. The molecule has 1 aromatic carbocycles. The molecule has 0 aliphatic rings. The Bertz CT molecular complexity index is 307. The van der Waals surface area contributed by atoms with Gasteiger partial charge in [-0.15, -0.1) is 0 Å². The van der Waals surface area contributed by atoms with Crippen molar-refractivity contribution in [3.63, 3.8) is 0 Å². The number of methoxy groups -OCH3 is 1. The second kappa shape index (κ2) is 7.30. The first-order chi connectivity index (χ1) is 8.24. The standard InChI is InChI=1S/C14H23NO2/c1-4-12(10-16)15-14(5-2)11-6-8-13(17-3)9-7-11/h6-9,12,14-16H,4-5,10H2,1-3H3/t12-,14?/m1/s1. The van der Waals surface area contributed by atoms with E-state index >= 15 is 0 Å². The Balaban J connectivity index is 2.71. The lowest BCUT2D eigenvalue weighted by molar-refractivity contribution is 0.226. The van der Waals surface area contributed by atoms with Crippen molar-refractivity contribution < 1.29 is 9.84 Å². The van der Waals surface area contributed by atoms with E-state index in [4.69, 9.17) is 4.74 Å². The molecule has 0 aromatic heterocycles. The molecule has 0 aliphatic carbocycles. The minimum absolute atomic E-state index is 0.169. The number of benzene rings is 1. The van der Waals surface area contributed by atoms with E-state index in [-0.39, 0.29) is 18.7 Å². The lowest BCUT2D eigenvalue weighted by Crippen LogP contribution is -2.34. The van der Waals surface area contributed by atoms with Crippen molar-refractivity contribution in [2.45, 2.75) is 38.8 Å². The second-order valence-corrected chi connectivity index (χ2v) is 4.19. The summed E-state index contributed by atoms with van der Waals surface area (Å²) in [5, 5.41) is 12.7. The van der Waals surface area contributed by atoms with Crippen molar-refractivity contribution in [3.05, 3.63) is 29.8 Å². The molecule has 0 heterocycles. The topological polar surface area (TPSA) is 41.5 Å². The van der Waals surface area contributed by atoms with Gasteiger partial charge in [0.25, 0.3) is 0 Å². The first kappa shape index (κ1) is 14.0. The minimum atomic E-state index is 0.169. The first-order valence-electron chi connectivity index (χ1n) is 6.25. The predicted molar refractivity (Wildman–Crippen MR) is 70.3 cm³/mol. The van der Waals surface area contributed by atoms with E-state index in [1.807, 2.05) is 12.1 Å². The molecule has 0 saturated carbocycles. The number of hydrogen-bond acceptors (Lipinski definition) is 3. The number of ether oxygens (including phenoxy) is 1. The Morgan fingerprint density at radius 2 is 1.82 bits per heavy atom. The Hall–Kier alpha value is -1.06. The average Bonchev–Trinajstić information content (AvgIpc) is 2.40. The van der Waals surface area contributed by atoms with Crippen LogP contribution in [0.1, 0.15) is 38.3 Å². The number of nitrogens with one attached hydrogen (secondary N) is 1. The van der Waals surface area contributed by atoms with E-state index in [1.165, 1.54) is 5.56 Å². The predicted octanol–water partition coefficient (Wildman–Crippen LogP) is 2.51. The summed E-state index contributed by atoms with van der Waals surface area (Å²) in [6.45, 7) is 4.41. The number of aliphatic hydroxyl groups is 1. The molecule has 3 nitrogen and oxygen atoms in total. The fourth-order valence-electron chi connectivity index (χ4n) is 1.87. The summed E-state index contributed by atoms with van der Waals surface area (Å²) in [4.78, 5) is 0. The van der Waals surface area contributed by atoms with Crippen molar-refractivity contribution in [1.29, 1.82) is 0 Å².